The molecule has 0 bridgehead atoms. The maximum atomic E-state index is 12.0. The summed E-state index contributed by atoms with van der Waals surface area (Å²) in [5.41, 5.74) is -0.519. The Labute approximate surface area is 98.6 Å². The molecular weight excluding hydrogens is 218 g/mol. The topological polar surface area (TPSA) is 66.4 Å². The van der Waals surface area contributed by atoms with Crippen molar-refractivity contribution in [2.75, 3.05) is 5.32 Å². The van der Waals surface area contributed by atoms with E-state index >= 15 is 0 Å². The zero-order valence-electron chi connectivity index (χ0n) is 9.27. The van der Waals surface area contributed by atoms with Crippen LogP contribution in [0.5, 0.6) is 0 Å². The van der Waals surface area contributed by atoms with Gasteiger partial charge in [-0.05, 0) is 18.9 Å². The second-order valence-electron chi connectivity index (χ2n) is 4.68. The van der Waals surface area contributed by atoms with Gasteiger partial charge >= 0.3 is 0 Å². The molecule has 2 unspecified atom stereocenters. The van der Waals surface area contributed by atoms with Gasteiger partial charge in [0.05, 0.1) is 5.92 Å². The third-order valence-corrected chi connectivity index (χ3v) is 3.74. The molecule has 2 atom stereocenters. The number of hydrogen-bond acceptors (Lipinski definition) is 3. The fourth-order valence-electron chi connectivity index (χ4n) is 2.87. The molecule has 4 nitrogen and oxygen atoms in total. The van der Waals surface area contributed by atoms with Gasteiger partial charge in [0, 0.05) is 17.7 Å². The molecule has 2 N–H and O–H groups in total. The quantitative estimate of drug-likeness (QED) is 0.763. The monoisotopic (exact) mass is 231 g/mol. The molecule has 1 aromatic carbocycles. The van der Waals surface area contributed by atoms with Crippen LogP contribution >= 0.6 is 0 Å². The predicted octanol–water partition coefficient (Wildman–Crippen LogP) is 1.20. The van der Waals surface area contributed by atoms with Crippen molar-refractivity contribution < 1.29 is 14.7 Å². The Kier molecular flexibility index (Phi) is 2.10. The summed E-state index contributed by atoms with van der Waals surface area (Å²) in [6.07, 6.45) is 1.79. The summed E-state index contributed by atoms with van der Waals surface area (Å²) >= 11 is 0. The van der Waals surface area contributed by atoms with Gasteiger partial charge in [-0.25, -0.2) is 0 Å². The number of anilines is 1. The second-order valence-corrected chi connectivity index (χ2v) is 4.68. The van der Waals surface area contributed by atoms with Crippen molar-refractivity contribution in [1.82, 2.24) is 0 Å². The molecule has 1 fully saturated rings. The van der Waals surface area contributed by atoms with Crippen LogP contribution < -0.4 is 5.32 Å². The molecule has 88 valence electrons. The number of hydrogen-bond donors (Lipinski definition) is 2. The molecule has 4 heteroatoms. The Hall–Kier alpha value is -1.68. The van der Waals surface area contributed by atoms with Crippen LogP contribution in [0.15, 0.2) is 24.3 Å². The standard InChI is InChI=1S/C13H13NO3/c15-11-7-3-5-9(11)13(17)8-4-1-2-6-10(8)14-12(13)16/h1-2,4,6,9,17H,3,5,7H2,(H,14,16). The fraction of sp³-hybridized carbons (Fsp3) is 0.385. The highest BCUT2D eigenvalue weighted by atomic mass is 16.3. The Morgan fingerprint density at radius 1 is 1.29 bits per heavy atom. The second kappa shape index (κ2) is 3.40. The van der Waals surface area contributed by atoms with Crippen molar-refractivity contribution in [3.63, 3.8) is 0 Å². The van der Waals surface area contributed by atoms with Gasteiger partial charge in [0.2, 0.25) is 0 Å². The highest BCUT2D eigenvalue weighted by molar-refractivity contribution is 6.08. The first-order chi connectivity index (χ1) is 8.14. The number of ketones is 1. The number of Topliss-reactive ketones (excluding diaryl/α,β-unsaturated/α-hetero) is 1. The molecule has 1 heterocycles. The fourth-order valence-corrected chi connectivity index (χ4v) is 2.87. The first kappa shape index (κ1) is 10.5. The first-order valence-corrected chi connectivity index (χ1v) is 5.80. The number of carbonyl (C=O) groups is 2. The van der Waals surface area contributed by atoms with Crippen LogP contribution in [0, 0.1) is 5.92 Å². The van der Waals surface area contributed by atoms with Gasteiger partial charge in [-0.3, -0.25) is 9.59 Å². The van der Waals surface area contributed by atoms with Gasteiger partial charge in [-0.15, -0.1) is 0 Å². The average Bonchev–Trinajstić information content (AvgIpc) is 2.84. The van der Waals surface area contributed by atoms with Gasteiger partial charge < -0.3 is 10.4 Å². The average molecular weight is 231 g/mol. The lowest BCUT2D eigenvalue weighted by atomic mass is 9.80. The van der Waals surface area contributed by atoms with E-state index in [1.807, 2.05) is 0 Å². The largest absolute Gasteiger partial charge is 0.375 e. The maximum absolute atomic E-state index is 12.0. The molecule has 0 saturated heterocycles. The highest BCUT2D eigenvalue weighted by Crippen LogP contribution is 2.45. The molecule has 0 spiro atoms. The summed E-state index contributed by atoms with van der Waals surface area (Å²) in [5, 5.41) is 13.3. The predicted molar refractivity (Wildman–Crippen MR) is 61.3 cm³/mol. The van der Waals surface area contributed by atoms with Crippen molar-refractivity contribution in [1.29, 1.82) is 0 Å². The lowest BCUT2D eigenvalue weighted by Crippen LogP contribution is -2.43. The van der Waals surface area contributed by atoms with Crippen LogP contribution in [0.1, 0.15) is 24.8 Å². The summed E-state index contributed by atoms with van der Waals surface area (Å²) in [6.45, 7) is 0. The van der Waals surface area contributed by atoms with E-state index in [1.54, 1.807) is 24.3 Å². The number of fused-ring (bicyclic) bond motifs is 1. The summed E-state index contributed by atoms with van der Waals surface area (Å²) < 4.78 is 0. The van der Waals surface area contributed by atoms with Crippen molar-refractivity contribution in [2.24, 2.45) is 5.92 Å². The van der Waals surface area contributed by atoms with E-state index in [0.717, 1.165) is 6.42 Å². The molecule has 1 saturated carbocycles. The van der Waals surface area contributed by atoms with Crippen molar-refractivity contribution in [2.45, 2.75) is 24.9 Å². The minimum Gasteiger partial charge on any atom is -0.375 e. The van der Waals surface area contributed by atoms with E-state index in [0.29, 0.717) is 24.1 Å². The number of para-hydroxylation sites is 1. The van der Waals surface area contributed by atoms with Crippen molar-refractivity contribution in [3.05, 3.63) is 29.8 Å². The molecule has 17 heavy (non-hydrogen) atoms. The number of aliphatic hydroxyl groups is 1. The molecule has 1 aliphatic heterocycles. The number of benzene rings is 1. The lowest BCUT2D eigenvalue weighted by molar-refractivity contribution is -0.146. The van der Waals surface area contributed by atoms with Crippen LogP contribution in [0.2, 0.25) is 0 Å². The minimum absolute atomic E-state index is 0.0145. The van der Waals surface area contributed by atoms with E-state index in [-0.39, 0.29) is 5.78 Å². The van der Waals surface area contributed by atoms with Crippen molar-refractivity contribution >= 4 is 17.4 Å². The summed E-state index contributed by atoms with van der Waals surface area (Å²) in [7, 11) is 0. The molecule has 3 rings (SSSR count). The van der Waals surface area contributed by atoms with E-state index in [9.17, 15) is 14.7 Å². The SMILES string of the molecule is O=C1CCCC1C1(O)C(=O)Nc2ccccc21. The maximum Gasteiger partial charge on any atom is 0.261 e. The van der Waals surface area contributed by atoms with Crippen LogP contribution in [0.25, 0.3) is 0 Å². The summed E-state index contributed by atoms with van der Waals surface area (Å²) in [6, 6.07) is 7.01. The van der Waals surface area contributed by atoms with Gasteiger partial charge in [-0.1, -0.05) is 18.2 Å². The van der Waals surface area contributed by atoms with E-state index in [2.05, 4.69) is 5.32 Å². The minimum atomic E-state index is -1.66. The molecule has 1 aromatic rings. The number of nitrogens with one attached hydrogen (secondary N) is 1. The number of carbonyl (C=O) groups excluding carboxylic acids is 2. The Bertz CT molecular complexity index is 511. The Morgan fingerprint density at radius 3 is 2.76 bits per heavy atom. The van der Waals surface area contributed by atoms with Crippen LogP contribution in [-0.2, 0) is 15.2 Å². The Balaban J connectivity index is 2.13. The Morgan fingerprint density at radius 2 is 2.06 bits per heavy atom. The first-order valence-electron chi connectivity index (χ1n) is 5.80. The van der Waals surface area contributed by atoms with Gasteiger partial charge in [-0.2, -0.15) is 0 Å². The highest BCUT2D eigenvalue weighted by Gasteiger charge is 2.54. The van der Waals surface area contributed by atoms with Crippen LogP contribution in [0.4, 0.5) is 5.69 Å². The molecule has 2 aliphatic rings. The summed E-state index contributed by atoms with van der Waals surface area (Å²) in [4.78, 5) is 23.8. The van der Waals surface area contributed by atoms with E-state index in [1.165, 1.54) is 0 Å². The molecular formula is C13H13NO3. The van der Waals surface area contributed by atoms with Gasteiger partial charge in [0.25, 0.3) is 5.91 Å². The van der Waals surface area contributed by atoms with Gasteiger partial charge in [0.1, 0.15) is 5.78 Å². The third-order valence-electron chi connectivity index (χ3n) is 3.74. The van der Waals surface area contributed by atoms with Crippen LogP contribution in [-0.4, -0.2) is 16.8 Å². The van der Waals surface area contributed by atoms with Crippen LogP contribution in [0.3, 0.4) is 0 Å². The molecule has 0 aromatic heterocycles. The lowest BCUT2D eigenvalue weighted by Gasteiger charge is -2.26. The normalized spacial score (nSPS) is 31.5. The third kappa shape index (κ3) is 1.27. The smallest absolute Gasteiger partial charge is 0.261 e. The number of amides is 1. The molecule has 0 radical (unpaired) electrons. The van der Waals surface area contributed by atoms with E-state index in [4.69, 9.17) is 0 Å². The van der Waals surface area contributed by atoms with Gasteiger partial charge in [0.15, 0.2) is 5.60 Å². The zero-order chi connectivity index (χ0) is 12.0. The van der Waals surface area contributed by atoms with Crippen molar-refractivity contribution in [3.8, 4) is 0 Å². The zero-order valence-corrected chi connectivity index (χ0v) is 9.27. The summed E-state index contributed by atoms with van der Waals surface area (Å²) in [5.74, 6) is -1.08. The molecule has 1 aliphatic carbocycles. The van der Waals surface area contributed by atoms with E-state index < -0.39 is 17.4 Å². The molecule has 1 amide bonds. The number of rotatable bonds is 1.